The molecule has 1 amide bonds. The first-order valence-electron chi connectivity index (χ1n) is 8.34. The average molecular weight is 376 g/mol. The Kier molecular flexibility index (Phi) is 6.63. The van der Waals surface area contributed by atoms with Crippen molar-refractivity contribution in [2.75, 3.05) is 30.8 Å². The van der Waals surface area contributed by atoms with E-state index in [0.717, 1.165) is 18.2 Å². The highest BCUT2D eigenvalue weighted by molar-refractivity contribution is 7.92. The van der Waals surface area contributed by atoms with Gasteiger partial charge >= 0.3 is 0 Å². The molecule has 0 atom stereocenters. The lowest BCUT2D eigenvalue weighted by atomic mass is 10.1. The molecular weight excluding hydrogens is 352 g/mol. The summed E-state index contributed by atoms with van der Waals surface area (Å²) in [7, 11) is -1.92. The van der Waals surface area contributed by atoms with Crippen molar-refractivity contribution < 1.29 is 17.9 Å². The summed E-state index contributed by atoms with van der Waals surface area (Å²) in [5, 5.41) is 2.74. The van der Waals surface area contributed by atoms with E-state index < -0.39 is 10.0 Å². The molecule has 0 saturated carbocycles. The molecule has 6 nitrogen and oxygen atoms in total. The van der Waals surface area contributed by atoms with Gasteiger partial charge in [0, 0.05) is 12.1 Å². The van der Waals surface area contributed by atoms with Gasteiger partial charge in [-0.2, -0.15) is 0 Å². The van der Waals surface area contributed by atoms with Crippen molar-refractivity contribution in [2.45, 2.75) is 13.3 Å². The number of sulfonamides is 1. The Morgan fingerprint density at radius 1 is 1.15 bits per heavy atom. The number of benzene rings is 2. The van der Waals surface area contributed by atoms with Gasteiger partial charge in [-0.1, -0.05) is 25.1 Å². The zero-order chi connectivity index (χ0) is 19.2. The number of anilines is 1. The summed E-state index contributed by atoms with van der Waals surface area (Å²) in [6.45, 7) is 2.39. The van der Waals surface area contributed by atoms with Crippen molar-refractivity contribution in [1.29, 1.82) is 0 Å². The molecule has 0 radical (unpaired) electrons. The van der Waals surface area contributed by atoms with Crippen LogP contribution in [0.25, 0.3) is 0 Å². The first-order valence-corrected chi connectivity index (χ1v) is 10.2. The van der Waals surface area contributed by atoms with Crippen LogP contribution in [0.1, 0.15) is 22.8 Å². The highest BCUT2D eigenvalue weighted by Crippen LogP contribution is 2.18. The van der Waals surface area contributed by atoms with Gasteiger partial charge in [-0.3, -0.25) is 9.10 Å². The maximum atomic E-state index is 12.2. The Balaban J connectivity index is 2.04. The number of carbonyl (C=O) groups is 1. The molecule has 2 rings (SSSR count). The molecule has 0 saturated heterocycles. The van der Waals surface area contributed by atoms with Crippen LogP contribution in [0, 0.1) is 0 Å². The molecule has 26 heavy (non-hydrogen) atoms. The van der Waals surface area contributed by atoms with Gasteiger partial charge in [0.25, 0.3) is 5.91 Å². The summed E-state index contributed by atoms with van der Waals surface area (Å²) in [5.74, 6) is 0.310. The SMILES string of the molecule is CCc1ccc(N(CCNC(=O)c2cccc(OC)c2)S(C)(=O)=O)cc1. The third-order valence-corrected chi connectivity index (χ3v) is 5.16. The van der Waals surface area contributed by atoms with E-state index in [0.29, 0.717) is 17.0 Å². The van der Waals surface area contributed by atoms with Gasteiger partial charge in [-0.25, -0.2) is 8.42 Å². The number of ether oxygens (including phenoxy) is 1. The first kappa shape index (κ1) is 19.8. The molecule has 7 heteroatoms. The molecule has 140 valence electrons. The number of methoxy groups -OCH3 is 1. The number of aryl methyl sites for hydroxylation is 1. The van der Waals surface area contributed by atoms with Gasteiger partial charge in [-0.05, 0) is 42.3 Å². The Labute approximate surface area is 154 Å². The molecule has 0 bridgehead atoms. The molecule has 0 fully saturated rings. The van der Waals surface area contributed by atoms with E-state index >= 15 is 0 Å². The predicted octanol–water partition coefficient (Wildman–Crippen LogP) is 2.45. The van der Waals surface area contributed by atoms with E-state index in [1.54, 1.807) is 36.4 Å². The van der Waals surface area contributed by atoms with Crippen LogP contribution in [0.5, 0.6) is 5.75 Å². The number of hydrogen-bond acceptors (Lipinski definition) is 4. The molecule has 2 aromatic carbocycles. The van der Waals surface area contributed by atoms with Gasteiger partial charge in [0.2, 0.25) is 10.0 Å². The highest BCUT2D eigenvalue weighted by Gasteiger charge is 2.17. The maximum absolute atomic E-state index is 12.2. The maximum Gasteiger partial charge on any atom is 0.251 e. The zero-order valence-electron chi connectivity index (χ0n) is 15.2. The fourth-order valence-corrected chi connectivity index (χ4v) is 3.45. The van der Waals surface area contributed by atoms with Crippen molar-refractivity contribution in [2.24, 2.45) is 0 Å². The van der Waals surface area contributed by atoms with Gasteiger partial charge < -0.3 is 10.1 Å². The van der Waals surface area contributed by atoms with Gasteiger partial charge in [0.05, 0.1) is 25.6 Å². The summed E-state index contributed by atoms with van der Waals surface area (Å²) < 4.78 is 30.6. The number of rotatable bonds is 8. The summed E-state index contributed by atoms with van der Waals surface area (Å²) in [6.07, 6.45) is 2.04. The van der Waals surface area contributed by atoms with Gasteiger partial charge in [-0.15, -0.1) is 0 Å². The van der Waals surface area contributed by atoms with Crippen LogP contribution in [-0.2, 0) is 16.4 Å². The van der Waals surface area contributed by atoms with E-state index in [9.17, 15) is 13.2 Å². The molecule has 0 unspecified atom stereocenters. The Bertz CT molecular complexity index is 848. The van der Waals surface area contributed by atoms with Crippen LogP contribution in [0.15, 0.2) is 48.5 Å². The minimum atomic E-state index is -3.45. The molecule has 2 aromatic rings. The second-order valence-electron chi connectivity index (χ2n) is 5.84. The van der Waals surface area contributed by atoms with Crippen molar-refractivity contribution in [3.8, 4) is 5.75 Å². The van der Waals surface area contributed by atoms with Gasteiger partial charge in [0.15, 0.2) is 0 Å². The predicted molar refractivity (Wildman–Crippen MR) is 103 cm³/mol. The van der Waals surface area contributed by atoms with Crippen molar-refractivity contribution in [1.82, 2.24) is 5.32 Å². The van der Waals surface area contributed by atoms with Gasteiger partial charge in [0.1, 0.15) is 5.75 Å². The van der Waals surface area contributed by atoms with Crippen LogP contribution in [0.4, 0.5) is 5.69 Å². The van der Waals surface area contributed by atoms with Crippen LogP contribution < -0.4 is 14.4 Å². The van der Waals surface area contributed by atoms with E-state index in [-0.39, 0.29) is 19.0 Å². The fraction of sp³-hybridized carbons (Fsp3) is 0.316. The molecule has 1 N–H and O–H groups in total. The average Bonchev–Trinajstić information content (AvgIpc) is 2.64. The van der Waals surface area contributed by atoms with Crippen molar-refractivity contribution in [3.05, 3.63) is 59.7 Å². The fourth-order valence-electron chi connectivity index (χ4n) is 2.52. The van der Waals surface area contributed by atoms with Crippen LogP contribution >= 0.6 is 0 Å². The summed E-state index contributed by atoms with van der Waals surface area (Å²) in [4.78, 5) is 12.2. The van der Waals surface area contributed by atoms with E-state index in [2.05, 4.69) is 5.32 Å². The lowest BCUT2D eigenvalue weighted by Crippen LogP contribution is -2.38. The summed E-state index contributed by atoms with van der Waals surface area (Å²) >= 11 is 0. The number of nitrogens with zero attached hydrogens (tertiary/aromatic N) is 1. The van der Waals surface area contributed by atoms with Crippen LogP contribution in [0.3, 0.4) is 0 Å². The van der Waals surface area contributed by atoms with Crippen molar-refractivity contribution >= 4 is 21.6 Å². The number of nitrogens with one attached hydrogen (secondary N) is 1. The molecule has 0 aliphatic carbocycles. The number of carbonyl (C=O) groups excluding carboxylic acids is 1. The third kappa shape index (κ3) is 5.23. The Hall–Kier alpha value is -2.54. The first-order chi connectivity index (χ1) is 12.3. The minimum absolute atomic E-state index is 0.153. The second-order valence-corrected chi connectivity index (χ2v) is 7.75. The lowest BCUT2D eigenvalue weighted by Gasteiger charge is -2.22. The second kappa shape index (κ2) is 8.71. The Morgan fingerprint density at radius 2 is 1.85 bits per heavy atom. The lowest BCUT2D eigenvalue weighted by molar-refractivity contribution is 0.0954. The van der Waals surface area contributed by atoms with Crippen LogP contribution in [0.2, 0.25) is 0 Å². The third-order valence-electron chi connectivity index (χ3n) is 3.97. The van der Waals surface area contributed by atoms with E-state index in [1.165, 1.54) is 11.4 Å². The minimum Gasteiger partial charge on any atom is -0.497 e. The molecular formula is C19H24N2O4S. The largest absolute Gasteiger partial charge is 0.497 e. The molecule has 0 spiro atoms. The zero-order valence-corrected chi connectivity index (χ0v) is 16.0. The normalized spacial score (nSPS) is 11.0. The summed E-state index contributed by atoms with van der Waals surface area (Å²) in [6, 6.07) is 14.2. The molecule has 0 aliphatic rings. The monoisotopic (exact) mass is 376 g/mol. The quantitative estimate of drug-likeness (QED) is 0.768. The molecule has 0 aliphatic heterocycles. The number of hydrogen-bond donors (Lipinski definition) is 1. The molecule has 0 heterocycles. The molecule has 0 aromatic heterocycles. The van der Waals surface area contributed by atoms with Crippen LogP contribution in [-0.4, -0.2) is 40.8 Å². The highest BCUT2D eigenvalue weighted by atomic mass is 32.2. The van der Waals surface area contributed by atoms with Crippen molar-refractivity contribution in [3.63, 3.8) is 0 Å². The standard InChI is InChI=1S/C19H24N2O4S/c1-4-15-8-10-17(11-9-15)21(26(3,23)24)13-12-20-19(22)16-6-5-7-18(14-16)25-2/h5-11,14H,4,12-13H2,1-3H3,(H,20,22). The van der Waals surface area contributed by atoms with E-state index in [1.807, 2.05) is 19.1 Å². The topological polar surface area (TPSA) is 75.7 Å². The summed E-state index contributed by atoms with van der Waals surface area (Å²) in [5.41, 5.74) is 2.18. The van der Waals surface area contributed by atoms with E-state index in [4.69, 9.17) is 4.74 Å². The smallest absolute Gasteiger partial charge is 0.251 e. The Morgan fingerprint density at radius 3 is 2.42 bits per heavy atom. The number of amides is 1.